The Labute approximate surface area is 128 Å². The number of hydrogen-bond acceptors (Lipinski definition) is 4. The number of amides is 1. The number of piperidine rings is 1. The van der Waals surface area contributed by atoms with Crippen molar-refractivity contribution in [1.82, 2.24) is 19.2 Å². The van der Waals surface area contributed by atoms with Gasteiger partial charge in [0.05, 0.1) is 5.69 Å². The van der Waals surface area contributed by atoms with Crippen molar-refractivity contribution in [3.05, 3.63) is 23.5 Å². The van der Waals surface area contributed by atoms with Gasteiger partial charge in [0.15, 0.2) is 4.96 Å². The van der Waals surface area contributed by atoms with E-state index in [0.29, 0.717) is 11.9 Å². The minimum absolute atomic E-state index is 0.364. The number of thiazole rings is 1. The molecule has 1 amide bonds. The lowest BCUT2D eigenvalue weighted by atomic mass is 10.0. The molecule has 0 N–H and O–H groups in total. The summed E-state index contributed by atoms with van der Waals surface area (Å²) in [5.74, 6) is 0.364. The van der Waals surface area contributed by atoms with E-state index in [-0.39, 0.29) is 0 Å². The fourth-order valence-electron chi connectivity index (χ4n) is 3.53. The average Bonchev–Trinajstić information content (AvgIpc) is 3.16. The molecule has 2 fully saturated rings. The van der Waals surface area contributed by atoms with Crippen LogP contribution in [0.2, 0.25) is 0 Å². The summed E-state index contributed by atoms with van der Waals surface area (Å²) < 4.78 is 2.09. The molecule has 2 aromatic rings. The van der Waals surface area contributed by atoms with E-state index < -0.39 is 0 Å². The van der Waals surface area contributed by atoms with Crippen molar-refractivity contribution >= 4 is 22.2 Å². The minimum Gasteiger partial charge on any atom is -0.340 e. The molecular formula is C15H20N4OS. The van der Waals surface area contributed by atoms with Gasteiger partial charge in [-0.2, -0.15) is 0 Å². The Hall–Kier alpha value is -1.40. The van der Waals surface area contributed by atoms with Gasteiger partial charge in [-0.1, -0.05) is 0 Å². The van der Waals surface area contributed by atoms with E-state index in [2.05, 4.69) is 37.0 Å². The van der Waals surface area contributed by atoms with E-state index in [0.717, 1.165) is 62.5 Å². The molecule has 0 unspecified atom stereocenters. The summed E-state index contributed by atoms with van der Waals surface area (Å²) in [4.78, 5) is 22.1. The number of likely N-dealkylation sites (tertiary alicyclic amines) is 2. The van der Waals surface area contributed by atoms with Crippen molar-refractivity contribution in [2.45, 2.75) is 38.3 Å². The largest absolute Gasteiger partial charge is 0.340 e. The highest BCUT2D eigenvalue weighted by Gasteiger charge is 2.30. The molecule has 2 aliphatic rings. The Kier molecular flexibility index (Phi) is 3.43. The summed E-state index contributed by atoms with van der Waals surface area (Å²) in [5.41, 5.74) is 1.15. The van der Waals surface area contributed by atoms with Gasteiger partial charge in [-0.05, 0) is 19.3 Å². The van der Waals surface area contributed by atoms with Gasteiger partial charge < -0.3 is 4.90 Å². The van der Waals surface area contributed by atoms with Crippen LogP contribution >= 0.6 is 11.3 Å². The number of rotatable bonds is 3. The summed E-state index contributed by atoms with van der Waals surface area (Å²) in [6, 6.07) is 0.474. The van der Waals surface area contributed by atoms with E-state index in [1.165, 1.54) is 0 Å². The summed E-state index contributed by atoms with van der Waals surface area (Å²) in [6.45, 7) is 4.04. The van der Waals surface area contributed by atoms with Crippen LogP contribution in [0.15, 0.2) is 17.8 Å². The first-order valence-corrected chi connectivity index (χ1v) is 8.60. The second kappa shape index (κ2) is 5.42. The lowest BCUT2D eigenvalue weighted by molar-refractivity contribution is -0.130. The second-order valence-electron chi connectivity index (χ2n) is 6.02. The van der Waals surface area contributed by atoms with Crippen molar-refractivity contribution < 1.29 is 4.79 Å². The zero-order valence-corrected chi connectivity index (χ0v) is 12.9. The Morgan fingerprint density at radius 3 is 2.86 bits per heavy atom. The highest BCUT2D eigenvalue weighted by Crippen LogP contribution is 2.23. The molecular weight excluding hydrogens is 284 g/mol. The van der Waals surface area contributed by atoms with Gasteiger partial charge >= 0.3 is 0 Å². The molecule has 2 aliphatic heterocycles. The fraction of sp³-hybridized carbons (Fsp3) is 0.600. The number of carbonyl (C=O) groups is 1. The molecule has 0 bridgehead atoms. The number of nitrogens with zero attached hydrogens (tertiary/aromatic N) is 4. The first kappa shape index (κ1) is 13.3. The van der Waals surface area contributed by atoms with Crippen molar-refractivity contribution in [3.63, 3.8) is 0 Å². The third-order valence-electron chi connectivity index (χ3n) is 4.64. The molecule has 0 aliphatic carbocycles. The molecule has 4 heterocycles. The van der Waals surface area contributed by atoms with Gasteiger partial charge in [-0.25, -0.2) is 4.98 Å². The topological polar surface area (TPSA) is 40.9 Å². The van der Waals surface area contributed by atoms with Crippen LogP contribution in [-0.4, -0.2) is 50.8 Å². The van der Waals surface area contributed by atoms with Crippen molar-refractivity contribution in [3.8, 4) is 0 Å². The zero-order chi connectivity index (χ0) is 14.2. The summed E-state index contributed by atoms with van der Waals surface area (Å²) >= 11 is 1.68. The molecule has 0 spiro atoms. The average molecular weight is 304 g/mol. The Bertz CT molecular complexity index is 612. The smallest absolute Gasteiger partial charge is 0.222 e. The molecule has 0 radical (unpaired) electrons. The maximum Gasteiger partial charge on any atom is 0.222 e. The van der Waals surface area contributed by atoms with Crippen LogP contribution in [0, 0.1) is 0 Å². The molecule has 0 saturated carbocycles. The van der Waals surface area contributed by atoms with Gasteiger partial charge in [0.2, 0.25) is 5.91 Å². The number of imidazole rings is 1. The lowest BCUT2D eigenvalue weighted by Gasteiger charge is -2.36. The molecule has 0 aromatic carbocycles. The van der Waals surface area contributed by atoms with Crippen LogP contribution in [-0.2, 0) is 11.3 Å². The zero-order valence-electron chi connectivity index (χ0n) is 12.1. The van der Waals surface area contributed by atoms with E-state index >= 15 is 0 Å². The Morgan fingerprint density at radius 2 is 2.14 bits per heavy atom. The lowest BCUT2D eigenvalue weighted by Crippen LogP contribution is -2.45. The molecule has 5 nitrogen and oxygen atoms in total. The summed E-state index contributed by atoms with van der Waals surface area (Å²) in [7, 11) is 0. The minimum atomic E-state index is 0.364. The Balaban J connectivity index is 1.34. The van der Waals surface area contributed by atoms with Gasteiger partial charge in [0, 0.05) is 56.4 Å². The molecule has 2 aromatic heterocycles. The molecule has 6 heteroatoms. The summed E-state index contributed by atoms with van der Waals surface area (Å²) in [6.07, 6.45) is 8.20. The molecule has 4 rings (SSSR count). The quantitative estimate of drug-likeness (QED) is 0.870. The van der Waals surface area contributed by atoms with E-state index in [1.807, 2.05) is 0 Å². The molecule has 2 saturated heterocycles. The first-order valence-electron chi connectivity index (χ1n) is 7.72. The van der Waals surface area contributed by atoms with Gasteiger partial charge in [-0.15, -0.1) is 11.3 Å². The van der Waals surface area contributed by atoms with Crippen LogP contribution in [0.1, 0.15) is 31.4 Å². The highest BCUT2D eigenvalue weighted by molar-refractivity contribution is 7.15. The monoisotopic (exact) mass is 304 g/mol. The number of hydrogen-bond donors (Lipinski definition) is 0. The van der Waals surface area contributed by atoms with Crippen LogP contribution in [0.25, 0.3) is 4.96 Å². The standard InChI is InChI=1S/C15H20N4OS/c20-14-2-1-5-19(14)13-3-6-17(7-4-13)10-12-11-18-8-9-21-15(18)16-12/h8-9,11,13H,1-7,10H2. The predicted molar refractivity (Wildman–Crippen MR) is 82.3 cm³/mol. The number of aromatic nitrogens is 2. The van der Waals surface area contributed by atoms with Crippen molar-refractivity contribution in [1.29, 1.82) is 0 Å². The van der Waals surface area contributed by atoms with Crippen molar-refractivity contribution in [2.24, 2.45) is 0 Å². The van der Waals surface area contributed by atoms with Gasteiger partial charge in [0.1, 0.15) is 0 Å². The summed E-state index contributed by atoms with van der Waals surface area (Å²) in [5, 5.41) is 2.06. The predicted octanol–water partition coefficient (Wildman–Crippen LogP) is 1.98. The van der Waals surface area contributed by atoms with Crippen LogP contribution in [0.3, 0.4) is 0 Å². The van der Waals surface area contributed by atoms with Crippen LogP contribution in [0.5, 0.6) is 0 Å². The van der Waals surface area contributed by atoms with E-state index in [9.17, 15) is 4.79 Å². The molecule has 21 heavy (non-hydrogen) atoms. The highest BCUT2D eigenvalue weighted by atomic mass is 32.1. The Morgan fingerprint density at radius 1 is 1.29 bits per heavy atom. The van der Waals surface area contributed by atoms with Crippen LogP contribution in [0.4, 0.5) is 0 Å². The normalized spacial score (nSPS) is 21.7. The van der Waals surface area contributed by atoms with Crippen LogP contribution < -0.4 is 0 Å². The van der Waals surface area contributed by atoms with Gasteiger partial charge in [-0.3, -0.25) is 14.1 Å². The molecule has 0 atom stereocenters. The number of carbonyl (C=O) groups excluding carboxylic acids is 1. The fourth-order valence-corrected chi connectivity index (χ4v) is 4.24. The first-order chi connectivity index (χ1) is 10.3. The van der Waals surface area contributed by atoms with E-state index in [4.69, 9.17) is 0 Å². The molecule has 112 valence electrons. The van der Waals surface area contributed by atoms with Gasteiger partial charge in [0.25, 0.3) is 0 Å². The maximum atomic E-state index is 11.8. The third-order valence-corrected chi connectivity index (χ3v) is 5.41. The maximum absolute atomic E-state index is 11.8. The SMILES string of the molecule is O=C1CCCN1C1CCN(Cc2cn3ccsc3n2)CC1. The van der Waals surface area contributed by atoms with Crippen molar-refractivity contribution in [2.75, 3.05) is 19.6 Å². The third kappa shape index (κ3) is 2.58. The number of fused-ring (bicyclic) bond motifs is 1. The van der Waals surface area contributed by atoms with E-state index in [1.54, 1.807) is 11.3 Å². The second-order valence-corrected chi connectivity index (χ2v) is 6.90.